The van der Waals surface area contributed by atoms with Crippen molar-refractivity contribution in [2.24, 2.45) is 4.99 Å². The van der Waals surface area contributed by atoms with Crippen molar-refractivity contribution >= 4 is 34.9 Å². The van der Waals surface area contributed by atoms with Crippen molar-refractivity contribution in [1.82, 2.24) is 0 Å². The van der Waals surface area contributed by atoms with Crippen LogP contribution in [-0.2, 0) is 0 Å². The molecule has 0 bridgehead atoms. The Hall–Kier alpha value is -3.64. The summed E-state index contributed by atoms with van der Waals surface area (Å²) in [5, 5.41) is 21.0. The van der Waals surface area contributed by atoms with Crippen LogP contribution in [0, 0.1) is 0 Å². The molecule has 0 unspecified atom stereocenters. The molecule has 0 aliphatic rings. The molecule has 2 N–H and O–H groups in total. The van der Waals surface area contributed by atoms with Gasteiger partial charge in [-0.15, -0.1) is 0 Å². The van der Waals surface area contributed by atoms with E-state index >= 15 is 0 Å². The molecule has 3 rings (SSSR count). The maximum atomic E-state index is 12.5. The number of hydrogen-bond acceptors (Lipinski definition) is 6. The lowest BCUT2D eigenvalue weighted by atomic mass is 10.0. The van der Waals surface area contributed by atoms with Gasteiger partial charge in [-0.1, -0.05) is 48.0 Å². The third kappa shape index (κ3) is 4.62. The monoisotopic (exact) mass is 409 g/mol. The minimum atomic E-state index is -1.01. The highest BCUT2D eigenvalue weighted by molar-refractivity contribution is 6.30. The van der Waals surface area contributed by atoms with E-state index in [2.05, 4.69) is 4.99 Å². The number of halogens is 1. The summed E-state index contributed by atoms with van der Waals surface area (Å²) >= 11 is 5.84. The second-order valence-corrected chi connectivity index (χ2v) is 6.51. The lowest BCUT2D eigenvalue weighted by Gasteiger charge is -2.08. The summed E-state index contributed by atoms with van der Waals surface area (Å²) in [7, 11) is 0. The molecule has 0 radical (unpaired) electrons. The Kier molecular flexibility index (Phi) is 5.95. The van der Waals surface area contributed by atoms with Crippen LogP contribution in [0.3, 0.4) is 0 Å². The van der Waals surface area contributed by atoms with E-state index in [1.165, 1.54) is 19.1 Å². The molecule has 0 saturated heterocycles. The maximum absolute atomic E-state index is 12.5. The van der Waals surface area contributed by atoms with Gasteiger partial charge in [0.25, 0.3) is 5.95 Å². The molecular weight excluding hydrogens is 394 g/mol. The fourth-order valence-corrected chi connectivity index (χ4v) is 2.76. The summed E-state index contributed by atoms with van der Waals surface area (Å²) in [5.41, 5.74) is -0.501. The molecule has 1 aromatic heterocycles. The quantitative estimate of drug-likeness (QED) is 0.360. The highest BCUT2D eigenvalue weighted by Gasteiger charge is 2.25. The lowest BCUT2D eigenvalue weighted by Crippen LogP contribution is -2.15. The van der Waals surface area contributed by atoms with Crippen LogP contribution in [-0.4, -0.2) is 21.7 Å². The van der Waals surface area contributed by atoms with E-state index in [0.717, 1.165) is 5.56 Å². The van der Waals surface area contributed by atoms with E-state index in [-0.39, 0.29) is 11.3 Å². The topological polar surface area (TPSA) is 100 Å². The standard InChI is InChI=1S/C22H16ClNO5/c1-13(24-16-10-8-15(23)9-11-16)18-20(26)19(22(28)29-21(18)27)17(25)12-7-14-5-3-2-4-6-14/h2-12,26,28H,1H3. The molecule has 0 saturated carbocycles. The minimum Gasteiger partial charge on any atom is -0.506 e. The Balaban J connectivity index is 2.02. The zero-order valence-electron chi connectivity index (χ0n) is 15.3. The number of aromatic hydroxyl groups is 2. The smallest absolute Gasteiger partial charge is 0.351 e. The number of hydrogen-bond donors (Lipinski definition) is 2. The Morgan fingerprint density at radius 3 is 2.34 bits per heavy atom. The number of nitrogens with zero attached hydrogens (tertiary/aromatic N) is 1. The maximum Gasteiger partial charge on any atom is 0.351 e. The Bertz CT molecular complexity index is 1160. The predicted molar refractivity (Wildman–Crippen MR) is 111 cm³/mol. The molecule has 0 amide bonds. The van der Waals surface area contributed by atoms with Gasteiger partial charge in [-0.25, -0.2) is 4.79 Å². The van der Waals surface area contributed by atoms with Crippen molar-refractivity contribution in [3.05, 3.63) is 92.8 Å². The fourth-order valence-electron chi connectivity index (χ4n) is 2.64. The van der Waals surface area contributed by atoms with E-state index in [1.807, 2.05) is 6.07 Å². The molecule has 0 aliphatic carbocycles. The number of benzene rings is 2. The molecule has 0 atom stereocenters. The lowest BCUT2D eigenvalue weighted by molar-refractivity contribution is 0.103. The molecule has 0 aliphatic heterocycles. The highest BCUT2D eigenvalue weighted by atomic mass is 35.5. The zero-order valence-corrected chi connectivity index (χ0v) is 16.1. The number of carbonyl (C=O) groups excluding carboxylic acids is 1. The van der Waals surface area contributed by atoms with Crippen LogP contribution in [0.5, 0.6) is 11.7 Å². The highest BCUT2D eigenvalue weighted by Crippen LogP contribution is 2.30. The normalized spacial score (nSPS) is 11.7. The van der Waals surface area contributed by atoms with Crippen LogP contribution in [0.25, 0.3) is 6.08 Å². The van der Waals surface area contributed by atoms with Gasteiger partial charge in [-0.2, -0.15) is 0 Å². The van der Waals surface area contributed by atoms with E-state index in [9.17, 15) is 19.8 Å². The van der Waals surface area contributed by atoms with Gasteiger partial charge >= 0.3 is 5.63 Å². The SMILES string of the molecule is CC(=Nc1ccc(Cl)cc1)c1c(O)c(C(=O)C=Cc2ccccc2)c(O)oc1=O. The molecule has 29 heavy (non-hydrogen) atoms. The zero-order chi connectivity index (χ0) is 21.0. The van der Waals surface area contributed by atoms with Crippen molar-refractivity contribution in [2.45, 2.75) is 6.92 Å². The average Bonchev–Trinajstić information content (AvgIpc) is 2.68. The molecule has 146 valence electrons. The Labute approximate surface area is 171 Å². The molecule has 6 nitrogen and oxygen atoms in total. The molecule has 2 aromatic carbocycles. The number of ketones is 1. The Morgan fingerprint density at radius 1 is 1.03 bits per heavy atom. The van der Waals surface area contributed by atoms with Crippen LogP contribution >= 0.6 is 11.6 Å². The summed E-state index contributed by atoms with van der Waals surface area (Å²) in [5.74, 6) is -2.39. The summed E-state index contributed by atoms with van der Waals surface area (Å²) in [6, 6.07) is 15.5. The van der Waals surface area contributed by atoms with E-state index in [1.54, 1.807) is 48.5 Å². The van der Waals surface area contributed by atoms with E-state index < -0.39 is 28.7 Å². The second-order valence-electron chi connectivity index (χ2n) is 6.08. The van der Waals surface area contributed by atoms with Gasteiger partial charge in [0, 0.05) is 5.02 Å². The van der Waals surface area contributed by atoms with Crippen LogP contribution in [0.2, 0.25) is 5.02 Å². The van der Waals surface area contributed by atoms with Crippen molar-refractivity contribution in [3.8, 4) is 11.7 Å². The predicted octanol–water partition coefficient (Wildman–Crippen LogP) is 4.74. The number of allylic oxidation sites excluding steroid dienone is 1. The summed E-state index contributed by atoms with van der Waals surface area (Å²) in [6.07, 6.45) is 2.68. The molecule has 7 heteroatoms. The third-order valence-corrected chi connectivity index (χ3v) is 4.29. The van der Waals surface area contributed by atoms with Crippen molar-refractivity contribution in [1.29, 1.82) is 0 Å². The van der Waals surface area contributed by atoms with Crippen LogP contribution in [0.1, 0.15) is 28.4 Å². The van der Waals surface area contributed by atoms with Gasteiger partial charge in [-0.3, -0.25) is 9.79 Å². The summed E-state index contributed by atoms with van der Waals surface area (Å²) in [4.78, 5) is 28.9. The molecule has 3 aromatic rings. The first kappa shape index (κ1) is 20.1. The molecule has 1 heterocycles. The van der Waals surface area contributed by atoms with Crippen molar-refractivity contribution < 1.29 is 19.4 Å². The second kappa shape index (κ2) is 8.58. The van der Waals surface area contributed by atoms with Gasteiger partial charge in [0.1, 0.15) is 16.9 Å². The molecule has 0 fully saturated rings. The van der Waals surface area contributed by atoms with Gasteiger partial charge in [0.15, 0.2) is 5.78 Å². The van der Waals surface area contributed by atoms with Gasteiger partial charge in [0.05, 0.1) is 11.4 Å². The average molecular weight is 410 g/mol. The Morgan fingerprint density at radius 2 is 1.69 bits per heavy atom. The van der Waals surface area contributed by atoms with Crippen molar-refractivity contribution in [3.63, 3.8) is 0 Å². The number of rotatable bonds is 5. The van der Waals surface area contributed by atoms with Crippen LogP contribution in [0.15, 0.2) is 74.9 Å². The minimum absolute atomic E-state index is 0.111. The van der Waals surface area contributed by atoms with Gasteiger partial charge in [-0.05, 0) is 42.8 Å². The molecule has 0 spiro atoms. The third-order valence-electron chi connectivity index (χ3n) is 4.04. The van der Waals surface area contributed by atoms with Gasteiger partial charge in [0.2, 0.25) is 0 Å². The first-order valence-corrected chi connectivity index (χ1v) is 8.92. The van der Waals surface area contributed by atoms with Crippen LogP contribution in [0.4, 0.5) is 5.69 Å². The summed E-state index contributed by atoms with van der Waals surface area (Å²) < 4.78 is 4.75. The summed E-state index contributed by atoms with van der Waals surface area (Å²) in [6.45, 7) is 1.48. The van der Waals surface area contributed by atoms with Crippen LogP contribution < -0.4 is 5.63 Å². The van der Waals surface area contributed by atoms with E-state index in [4.69, 9.17) is 16.0 Å². The number of aliphatic imine (C=N–C) groups is 1. The van der Waals surface area contributed by atoms with E-state index in [0.29, 0.717) is 10.7 Å². The van der Waals surface area contributed by atoms with Crippen molar-refractivity contribution in [2.75, 3.05) is 0 Å². The fraction of sp³-hybridized carbons (Fsp3) is 0.0455. The largest absolute Gasteiger partial charge is 0.506 e. The first-order chi connectivity index (χ1) is 13.9. The molecular formula is C22H16ClNO5. The van der Waals surface area contributed by atoms with Gasteiger partial charge < -0.3 is 14.6 Å². The number of carbonyl (C=O) groups is 1. The first-order valence-electron chi connectivity index (χ1n) is 8.54.